The van der Waals surface area contributed by atoms with Crippen LogP contribution in [0.3, 0.4) is 0 Å². The number of hydrogen-bond donors (Lipinski definition) is 1. The third kappa shape index (κ3) is 6.17. The van der Waals surface area contributed by atoms with Gasteiger partial charge in [-0.3, -0.25) is 9.59 Å². The fourth-order valence-corrected chi connectivity index (χ4v) is 7.88. The molecule has 4 bridgehead atoms. The number of benzene rings is 2. The van der Waals surface area contributed by atoms with Crippen LogP contribution in [0.2, 0.25) is 0 Å². The minimum Gasteiger partial charge on any atom is -0.378 e. The molecule has 1 N–H and O–H groups in total. The highest BCUT2D eigenvalue weighted by molar-refractivity contribution is 5.98. The summed E-state index contributed by atoms with van der Waals surface area (Å²) in [5.41, 5.74) is 2.53. The van der Waals surface area contributed by atoms with Crippen LogP contribution in [0, 0.1) is 24.4 Å². The first-order valence-corrected chi connectivity index (χ1v) is 18.1. The molecule has 2 fully saturated rings. The molecule has 7 heterocycles. The molecule has 6 aromatic rings. The number of hydrogen-bond acceptors (Lipinski definition) is 10. The summed E-state index contributed by atoms with van der Waals surface area (Å²) in [5, 5.41) is 8.29. The van der Waals surface area contributed by atoms with Gasteiger partial charge >= 0.3 is 0 Å². The van der Waals surface area contributed by atoms with Crippen LogP contribution in [0.25, 0.3) is 39.0 Å². The SMILES string of the molecule is Cc1nc2cc(F)cc3c2n1CCCN(C)C(=O)[C@@H]1C[C@@H](CN1c1nc(C(=O)N2CCOCC2)nc2c1cnn2-c1ccc(F)cc1F)Nc1cccc-3n1. The highest BCUT2D eigenvalue weighted by atomic mass is 19.1. The summed E-state index contributed by atoms with van der Waals surface area (Å²) in [6, 6.07) is 10.4. The van der Waals surface area contributed by atoms with Gasteiger partial charge in [0.2, 0.25) is 11.7 Å². The van der Waals surface area contributed by atoms with E-state index in [0.29, 0.717) is 80.2 Å². The Hall–Kier alpha value is -6.10. The minimum absolute atomic E-state index is 0.0709. The summed E-state index contributed by atoms with van der Waals surface area (Å²) in [6.07, 6.45) is 2.39. The van der Waals surface area contributed by atoms with Crippen molar-refractivity contribution >= 4 is 45.5 Å². The number of ether oxygens (including phenoxy) is 1. The monoisotopic (exact) mass is 751 g/mol. The van der Waals surface area contributed by atoms with Crippen LogP contribution in [0.1, 0.15) is 29.3 Å². The second kappa shape index (κ2) is 13.6. The number of pyridine rings is 1. The molecule has 282 valence electrons. The smallest absolute Gasteiger partial charge is 0.291 e. The molecule has 9 rings (SSSR count). The van der Waals surface area contributed by atoms with Crippen LogP contribution < -0.4 is 10.2 Å². The topological polar surface area (TPSA) is 139 Å². The zero-order chi connectivity index (χ0) is 38.0. The van der Waals surface area contributed by atoms with E-state index in [1.54, 1.807) is 16.8 Å². The van der Waals surface area contributed by atoms with E-state index in [2.05, 4.69) is 20.4 Å². The number of fused-ring (bicyclic) bond motifs is 6. The third-order valence-corrected chi connectivity index (χ3v) is 10.5. The van der Waals surface area contributed by atoms with E-state index in [9.17, 15) is 18.4 Å². The van der Waals surface area contributed by atoms with Crippen LogP contribution in [-0.2, 0) is 16.1 Å². The number of anilines is 2. The largest absolute Gasteiger partial charge is 0.378 e. The van der Waals surface area contributed by atoms with Gasteiger partial charge < -0.3 is 29.3 Å². The number of carbonyl (C=O) groups excluding carboxylic acids is 2. The van der Waals surface area contributed by atoms with Gasteiger partial charge in [0.25, 0.3) is 5.91 Å². The summed E-state index contributed by atoms with van der Waals surface area (Å²) < 4.78 is 52.8. The molecule has 3 aliphatic rings. The number of aromatic nitrogens is 7. The lowest BCUT2D eigenvalue weighted by Crippen LogP contribution is -2.45. The van der Waals surface area contributed by atoms with Crippen molar-refractivity contribution in [3.05, 3.63) is 83.8 Å². The number of halogens is 3. The first-order chi connectivity index (χ1) is 26.6. The van der Waals surface area contributed by atoms with E-state index in [4.69, 9.17) is 14.7 Å². The van der Waals surface area contributed by atoms with Gasteiger partial charge in [-0.25, -0.2) is 37.8 Å². The first kappa shape index (κ1) is 34.7. The van der Waals surface area contributed by atoms with E-state index in [-0.39, 0.29) is 41.5 Å². The molecule has 2 atom stereocenters. The van der Waals surface area contributed by atoms with Crippen molar-refractivity contribution in [2.24, 2.45) is 0 Å². The maximum atomic E-state index is 15.2. The Kier molecular flexibility index (Phi) is 8.59. The lowest BCUT2D eigenvalue weighted by atomic mass is 10.1. The molecule has 2 amide bonds. The second-order valence-electron chi connectivity index (χ2n) is 14.1. The fraction of sp³-hybridized carbons (Fsp3) is 0.342. The number of imidazole rings is 1. The molecule has 2 saturated heterocycles. The normalized spacial score (nSPS) is 19.1. The molecule has 0 spiro atoms. The Balaban J connectivity index is 1.16. The number of rotatable bonds is 3. The van der Waals surface area contributed by atoms with E-state index in [0.717, 1.165) is 23.5 Å². The summed E-state index contributed by atoms with van der Waals surface area (Å²) in [7, 11) is 1.75. The summed E-state index contributed by atoms with van der Waals surface area (Å²) in [5.74, 6) is -1.31. The average molecular weight is 752 g/mol. The molecule has 0 aliphatic carbocycles. The molecule has 4 aromatic heterocycles. The zero-order valence-electron chi connectivity index (χ0n) is 30.0. The molecule has 0 unspecified atom stereocenters. The van der Waals surface area contributed by atoms with Crippen molar-refractivity contribution in [3.8, 4) is 16.9 Å². The predicted octanol–water partition coefficient (Wildman–Crippen LogP) is 4.35. The average Bonchev–Trinajstić information content (AvgIpc) is 3.88. The number of nitrogens with zero attached hydrogens (tertiary/aromatic N) is 10. The summed E-state index contributed by atoms with van der Waals surface area (Å²) in [6.45, 7) is 4.43. The van der Waals surface area contributed by atoms with Gasteiger partial charge in [0.05, 0.1) is 41.5 Å². The maximum absolute atomic E-state index is 15.2. The summed E-state index contributed by atoms with van der Waals surface area (Å²) in [4.78, 5) is 52.5. The van der Waals surface area contributed by atoms with Crippen LogP contribution >= 0.6 is 0 Å². The molecule has 55 heavy (non-hydrogen) atoms. The molecule has 2 aromatic carbocycles. The van der Waals surface area contributed by atoms with Crippen LogP contribution in [-0.4, -0.2) is 114 Å². The highest BCUT2D eigenvalue weighted by Gasteiger charge is 2.41. The lowest BCUT2D eigenvalue weighted by molar-refractivity contribution is -0.131. The predicted molar refractivity (Wildman–Crippen MR) is 196 cm³/mol. The van der Waals surface area contributed by atoms with Crippen molar-refractivity contribution in [3.63, 3.8) is 0 Å². The number of nitrogens with one attached hydrogen (secondary N) is 1. The van der Waals surface area contributed by atoms with Crippen LogP contribution in [0.5, 0.6) is 0 Å². The number of aryl methyl sites for hydroxylation is 2. The molecule has 14 nitrogen and oxygen atoms in total. The molecule has 3 aliphatic heterocycles. The van der Waals surface area contributed by atoms with Gasteiger partial charge in [-0.15, -0.1) is 0 Å². The quantitative estimate of drug-likeness (QED) is 0.278. The number of amides is 2. The van der Waals surface area contributed by atoms with E-state index in [1.807, 2.05) is 34.6 Å². The van der Waals surface area contributed by atoms with E-state index < -0.39 is 29.4 Å². The third-order valence-electron chi connectivity index (χ3n) is 10.5. The Morgan fingerprint density at radius 1 is 0.945 bits per heavy atom. The van der Waals surface area contributed by atoms with Crippen molar-refractivity contribution in [1.82, 2.24) is 44.1 Å². The number of morpholine rings is 1. The molecule has 0 radical (unpaired) electrons. The summed E-state index contributed by atoms with van der Waals surface area (Å²) >= 11 is 0. The van der Waals surface area contributed by atoms with Gasteiger partial charge in [-0.1, -0.05) is 6.07 Å². The maximum Gasteiger partial charge on any atom is 0.291 e. The van der Waals surface area contributed by atoms with E-state index in [1.165, 1.54) is 29.1 Å². The van der Waals surface area contributed by atoms with Crippen LogP contribution in [0.4, 0.5) is 24.8 Å². The Bertz CT molecular complexity index is 2500. The number of carbonyl (C=O) groups is 2. The molecular weight excluding hydrogens is 715 g/mol. The van der Waals surface area contributed by atoms with Gasteiger partial charge in [0, 0.05) is 63.5 Å². The first-order valence-electron chi connectivity index (χ1n) is 18.1. The van der Waals surface area contributed by atoms with Crippen LogP contribution in [0.15, 0.2) is 54.7 Å². The molecular formula is C38H36F3N11O3. The van der Waals surface area contributed by atoms with Gasteiger partial charge in [-0.2, -0.15) is 5.10 Å². The fourth-order valence-electron chi connectivity index (χ4n) is 7.88. The molecule has 17 heteroatoms. The van der Waals surface area contributed by atoms with Crippen molar-refractivity contribution < 1.29 is 27.5 Å². The minimum atomic E-state index is -0.869. The lowest BCUT2D eigenvalue weighted by Gasteiger charge is -2.30. The Labute approximate surface area is 312 Å². The molecule has 0 saturated carbocycles. The van der Waals surface area contributed by atoms with Gasteiger partial charge in [-0.05, 0) is 50.1 Å². The highest BCUT2D eigenvalue weighted by Crippen LogP contribution is 2.35. The second-order valence-corrected chi connectivity index (χ2v) is 14.1. The van der Waals surface area contributed by atoms with E-state index >= 15 is 4.39 Å². The van der Waals surface area contributed by atoms with Gasteiger partial charge in [0.15, 0.2) is 11.5 Å². The van der Waals surface area contributed by atoms with Gasteiger partial charge in [0.1, 0.15) is 40.8 Å². The zero-order valence-corrected chi connectivity index (χ0v) is 30.0. The Morgan fingerprint density at radius 2 is 1.78 bits per heavy atom. The standard InChI is InChI=1S/C38H36F3N11O3/c1-21-43-29-17-23(40)15-25-28-5-3-6-32(45-28)44-24-18-31(37(53)48(2)9-4-10-50(21)33(25)29)51(20-24)35-26-19-42-52(30-8-7-22(39)16-27(30)41)36(26)47-34(46-35)38(54)49-11-13-55-14-12-49/h3,5-8,15-17,19,24,31H,4,9-14,18,20H2,1-2H3,(H,44,45)/t24-,31-/m0/s1. The van der Waals surface area contributed by atoms with Crippen molar-refractivity contribution in [2.75, 3.05) is 56.7 Å². The Morgan fingerprint density at radius 3 is 2.60 bits per heavy atom. The van der Waals surface area contributed by atoms with Crippen molar-refractivity contribution in [2.45, 2.75) is 38.4 Å². The van der Waals surface area contributed by atoms with Crippen molar-refractivity contribution in [1.29, 1.82) is 0 Å². The number of likely N-dealkylation sites (N-methyl/N-ethyl adjacent to an activating group) is 1.